The fourth-order valence-corrected chi connectivity index (χ4v) is 2.77. The van der Waals surface area contributed by atoms with Gasteiger partial charge >= 0.3 is 6.03 Å². The van der Waals surface area contributed by atoms with E-state index in [4.69, 9.17) is 4.74 Å². The molecule has 0 aromatic carbocycles. The summed E-state index contributed by atoms with van der Waals surface area (Å²) in [6.07, 6.45) is 6.20. The number of rotatable bonds is 3. The van der Waals surface area contributed by atoms with Crippen LogP contribution in [0.2, 0.25) is 0 Å². The molecule has 0 radical (unpaired) electrons. The minimum absolute atomic E-state index is 0.0892. The molecule has 2 N–H and O–H groups in total. The number of urea groups is 1. The monoisotopic (exact) mass is 255 g/mol. The van der Waals surface area contributed by atoms with Crippen LogP contribution >= 0.6 is 0 Å². The number of hydrogen-bond acceptors (Lipinski definition) is 3. The quantitative estimate of drug-likeness (QED) is 0.789. The van der Waals surface area contributed by atoms with Crippen LogP contribution in [0.25, 0.3) is 0 Å². The van der Waals surface area contributed by atoms with Crippen LogP contribution in [0.15, 0.2) is 0 Å². The van der Waals surface area contributed by atoms with Gasteiger partial charge < -0.3 is 20.3 Å². The molecule has 1 saturated heterocycles. The zero-order chi connectivity index (χ0) is 12.8. The lowest BCUT2D eigenvalue weighted by Gasteiger charge is -2.34. The van der Waals surface area contributed by atoms with E-state index in [-0.39, 0.29) is 12.1 Å². The minimum Gasteiger partial charge on any atom is -0.373 e. The molecule has 0 aromatic heterocycles. The zero-order valence-electron chi connectivity index (χ0n) is 11.3. The highest BCUT2D eigenvalue weighted by atomic mass is 16.5. The number of morpholine rings is 1. The molecule has 2 rings (SSSR count). The van der Waals surface area contributed by atoms with Crippen LogP contribution in [0.4, 0.5) is 4.79 Å². The molecule has 1 aliphatic carbocycles. The number of ether oxygens (including phenoxy) is 1. The van der Waals surface area contributed by atoms with Crippen molar-refractivity contribution in [3.63, 3.8) is 0 Å². The van der Waals surface area contributed by atoms with E-state index in [0.717, 1.165) is 19.4 Å². The smallest absolute Gasteiger partial charge is 0.317 e. The van der Waals surface area contributed by atoms with Gasteiger partial charge in [0.05, 0.1) is 12.7 Å². The second-order valence-electron chi connectivity index (χ2n) is 5.28. The molecule has 2 amide bonds. The first-order chi connectivity index (χ1) is 8.79. The van der Waals surface area contributed by atoms with Crippen LogP contribution in [0, 0.1) is 0 Å². The van der Waals surface area contributed by atoms with Crippen molar-refractivity contribution < 1.29 is 9.53 Å². The maximum atomic E-state index is 12.2. The molecule has 5 heteroatoms. The van der Waals surface area contributed by atoms with Crippen LogP contribution in [0.5, 0.6) is 0 Å². The number of likely N-dealkylation sites (N-methyl/N-ethyl adjacent to an activating group) is 1. The van der Waals surface area contributed by atoms with Gasteiger partial charge in [-0.05, 0) is 19.9 Å². The van der Waals surface area contributed by atoms with Crippen LogP contribution < -0.4 is 10.6 Å². The predicted octanol–water partition coefficient (Wildman–Crippen LogP) is 0.949. The van der Waals surface area contributed by atoms with Crippen LogP contribution in [-0.4, -0.2) is 56.4 Å². The van der Waals surface area contributed by atoms with Gasteiger partial charge in [-0.1, -0.05) is 19.3 Å². The Bertz CT molecular complexity index is 265. The average Bonchev–Trinajstić information content (AvgIpc) is 2.40. The third-order valence-corrected chi connectivity index (χ3v) is 3.79. The highest BCUT2D eigenvalue weighted by Gasteiger charge is 2.25. The Labute approximate surface area is 109 Å². The lowest BCUT2D eigenvalue weighted by Crippen LogP contribution is -2.53. The molecular weight excluding hydrogens is 230 g/mol. The fraction of sp³-hybridized carbons (Fsp3) is 0.923. The normalized spacial score (nSPS) is 26.1. The summed E-state index contributed by atoms with van der Waals surface area (Å²) in [5, 5.41) is 6.26. The predicted molar refractivity (Wildman–Crippen MR) is 70.6 cm³/mol. The number of nitrogens with one attached hydrogen (secondary N) is 2. The summed E-state index contributed by atoms with van der Waals surface area (Å²) in [6, 6.07) is 0.475. The van der Waals surface area contributed by atoms with E-state index >= 15 is 0 Å². The van der Waals surface area contributed by atoms with Gasteiger partial charge in [0.1, 0.15) is 0 Å². The van der Waals surface area contributed by atoms with Gasteiger partial charge in [-0.2, -0.15) is 0 Å². The Morgan fingerprint density at radius 3 is 2.83 bits per heavy atom. The van der Waals surface area contributed by atoms with Crippen LogP contribution in [0.3, 0.4) is 0 Å². The van der Waals surface area contributed by atoms with Crippen LogP contribution in [-0.2, 0) is 4.74 Å². The first-order valence-electron chi connectivity index (χ1n) is 7.11. The molecule has 0 bridgehead atoms. The Morgan fingerprint density at radius 1 is 1.33 bits per heavy atom. The summed E-state index contributed by atoms with van der Waals surface area (Å²) in [5.41, 5.74) is 0. The van der Waals surface area contributed by atoms with Gasteiger partial charge in [0.25, 0.3) is 0 Å². The molecule has 0 spiro atoms. The summed E-state index contributed by atoms with van der Waals surface area (Å²) < 4.78 is 5.60. The average molecular weight is 255 g/mol. The molecule has 1 saturated carbocycles. The van der Waals surface area contributed by atoms with Crippen molar-refractivity contribution in [3.05, 3.63) is 0 Å². The molecule has 1 heterocycles. The summed E-state index contributed by atoms with van der Waals surface area (Å²) >= 11 is 0. The van der Waals surface area contributed by atoms with E-state index in [1.807, 2.05) is 11.9 Å². The zero-order valence-corrected chi connectivity index (χ0v) is 11.3. The van der Waals surface area contributed by atoms with Crippen molar-refractivity contribution in [3.8, 4) is 0 Å². The second kappa shape index (κ2) is 6.95. The van der Waals surface area contributed by atoms with Crippen molar-refractivity contribution >= 4 is 6.03 Å². The summed E-state index contributed by atoms with van der Waals surface area (Å²) in [6.45, 7) is 2.84. The fourth-order valence-electron chi connectivity index (χ4n) is 2.77. The lowest BCUT2D eigenvalue weighted by atomic mass is 9.96. The molecule has 2 fully saturated rings. The molecule has 0 aromatic rings. The Balaban J connectivity index is 1.76. The first-order valence-corrected chi connectivity index (χ1v) is 7.11. The number of hydrogen-bond donors (Lipinski definition) is 2. The lowest BCUT2D eigenvalue weighted by molar-refractivity contribution is -0.0124. The standard InChI is InChI=1S/C13H25N3O2/c1-14-9-12-10-16(7-8-18-12)13(17)15-11-5-3-2-4-6-11/h11-12,14H,2-10H2,1H3,(H,15,17). The highest BCUT2D eigenvalue weighted by Crippen LogP contribution is 2.17. The van der Waals surface area contributed by atoms with Crippen molar-refractivity contribution in [2.45, 2.75) is 44.2 Å². The van der Waals surface area contributed by atoms with Crippen molar-refractivity contribution in [2.24, 2.45) is 0 Å². The second-order valence-corrected chi connectivity index (χ2v) is 5.28. The SMILES string of the molecule is CNCC1CN(C(=O)NC2CCCCC2)CCO1. The number of nitrogens with zero attached hydrogens (tertiary/aromatic N) is 1. The van der Waals surface area contributed by atoms with Gasteiger partial charge in [-0.3, -0.25) is 0 Å². The van der Waals surface area contributed by atoms with Crippen molar-refractivity contribution in [2.75, 3.05) is 33.3 Å². The third kappa shape index (κ3) is 3.85. The molecule has 1 atom stereocenters. The maximum absolute atomic E-state index is 12.2. The highest BCUT2D eigenvalue weighted by molar-refractivity contribution is 5.74. The van der Waals surface area contributed by atoms with E-state index in [2.05, 4.69) is 10.6 Å². The van der Waals surface area contributed by atoms with Gasteiger partial charge in [0.2, 0.25) is 0 Å². The molecule has 104 valence electrons. The van der Waals surface area contributed by atoms with Gasteiger partial charge in [-0.15, -0.1) is 0 Å². The summed E-state index contributed by atoms with van der Waals surface area (Å²) in [7, 11) is 1.91. The van der Waals surface area contributed by atoms with E-state index < -0.39 is 0 Å². The molecule has 18 heavy (non-hydrogen) atoms. The van der Waals surface area contributed by atoms with Gasteiger partial charge in [0, 0.05) is 25.7 Å². The molecule has 5 nitrogen and oxygen atoms in total. The summed E-state index contributed by atoms with van der Waals surface area (Å²) in [4.78, 5) is 14.0. The van der Waals surface area contributed by atoms with E-state index in [9.17, 15) is 4.79 Å². The number of carbonyl (C=O) groups excluding carboxylic acids is 1. The Hall–Kier alpha value is -0.810. The third-order valence-electron chi connectivity index (χ3n) is 3.79. The van der Waals surface area contributed by atoms with Crippen LogP contribution in [0.1, 0.15) is 32.1 Å². The largest absolute Gasteiger partial charge is 0.373 e. The van der Waals surface area contributed by atoms with E-state index in [1.54, 1.807) is 0 Å². The Morgan fingerprint density at radius 2 is 2.11 bits per heavy atom. The molecular formula is C13H25N3O2. The number of carbonyl (C=O) groups is 1. The first kappa shape index (κ1) is 13.6. The van der Waals surface area contributed by atoms with Crippen molar-refractivity contribution in [1.29, 1.82) is 0 Å². The van der Waals surface area contributed by atoms with E-state index in [1.165, 1.54) is 19.3 Å². The van der Waals surface area contributed by atoms with Gasteiger partial charge in [-0.25, -0.2) is 4.79 Å². The topological polar surface area (TPSA) is 53.6 Å². The van der Waals surface area contributed by atoms with Crippen molar-refractivity contribution in [1.82, 2.24) is 15.5 Å². The summed E-state index contributed by atoms with van der Waals surface area (Å²) in [5.74, 6) is 0. The van der Waals surface area contributed by atoms with E-state index in [0.29, 0.717) is 25.7 Å². The van der Waals surface area contributed by atoms with Gasteiger partial charge in [0.15, 0.2) is 0 Å². The molecule has 2 aliphatic rings. The molecule has 1 aliphatic heterocycles. The Kier molecular flexibility index (Phi) is 5.26. The number of amides is 2. The molecule has 1 unspecified atom stereocenters. The maximum Gasteiger partial charge on any atom is 0.317 e. The minimum atomic E-state index is 0.0892.